The van der Waals surface area contributed by atoms with E-state index in [-0.39, 0.29) is 27.9 Å². The number of carbonyl (C=O) groups excluding carboxylic acids is 1. The molecule has 1 N–H and O–H groups in total. The number of aromatic nitrogens is 2. The van der Waals surface area contributed by atoms with Crippen molar-refractivity contribution in [3.8, 4) is 11.5 Å². The Morgan fingerprint density at radius 2 is 2.04 bits per heavy atom. The second-order valence-corrected chi connectivity index (χ2v) is 6.48. The molecule has 2 aromatic carbocycles. The fourth-order valence-corrected chi connectivity index (χ4v) is 2.92. The first-order valence-corrected chi connectivity index (χ1v) is 8.88. The molecule has 0 aliphatic rings. The second kappa shape index (κ2) is 8.28. The molecule has 3 rings (SSSR count). The lowest BCUT2D eigenvalue weighted by Gasteiger charge is -2.11. The normalized spacial score (nSPS) is 10.5. The third-order valence-corrected chi connectivity index (χ3v) is 4.26. The number of amides is 1. The number of nitro benzene ring substituents is 1. The minimum Gasteiger partial charge on any atom is -0.455 e. The number of non-ortho nitro benzene ring substituents is 1. The van der Waals surface area contributed by atoms with Crippen LogP contribution in [-0.4, -0.2) is 20.6 Å². The highest BCUT2D eigenvalue weighted by Crippen LogP contribution is 2.34. The third-order valence-electron chi connectivity index (χ3n) is 3.73. The van der Waals surface area contributed by atoms with E-state index in [0.29, 0.717) is 17.3 Å². The fraction of sp³-hybridized carbons (Fsp3) is 0.111. The van der Waals surface area contributed by atoms with Gasteiger partial charge in [0.2, 0.25) is 0 Å². The molecule has 0 radical (unpaired) electrons. The van der Waals surface area contributed by atoms with Crippen LogP contribution < -0.4 is 10.1 Å². The molecule has 1 aromatic heterocycles. The van der Waals surface area contributed by atoms with Crippen molar-refractivity contribution < 1.29 is 14.5 Å². The SMILES string of the molecule is CCn1nccc1C(=O)Nc1cc(Oc2ccc(Cl)cc2Cl)cc([N+](=O)[O-])c1. The van der Waals surface area contributed by atoms with Crippen molar-refractivity contribution in [2.24, 2.45) is 0 Å². The number of hydrogen-bond donors (Lipinski definition) is 1. The van der Waals surface area contributed by atoms with Gasteiger partial charge >= 0.3 is 0 Å². The van der Waals surface area contributed by atoms with Crippen molar-refractivity contribution in [1.82, 2.24) is 9.78 Å². The molecule has 0 fully saturated rings. The summed E-state index contributed by atoms with van der Waals surface area (Å²) in [6.45, 7) is 2.35. The maximum atomic E-state index is 12.5. The maximum absolute atomic E-state index is 12.5. The number of rotatable bonds is 6. The highest BCUT2D eigenvalue weighted by molar-refractivity contribution is 6.35. The summed E-state index contributed by atoms with van der Waals surface area (Å²) in [5.74, 6) is -0.0408. The molecular formula is C18H14Cl2N4O4. The van der Waals surface area contributed by atoms with Crippen LogP contribution in [0.5, 0.6) is 11.5 Å². The van der Waals surface area contributed by atoms with E-state index >= 15 is 0 Å². The Labute approximate surface area is 169 Å². The molecule has 0 unspecified atom stereocenters. The van der Waals surface area contributed by atoms with Gasteiger partial charge in [0.1, 0.15) is 17.2 Å². The predicted molar refractivity (Wildman–Crippen MR) is 105 cm³/mol. The number of nitrogens with zero attached hydrogens (tertiary/aromatic N) is 3. The van der Waals surface area contributed by atoms with Crippen molar-refractivity contribution in [3.63, 3.8) is 0 Å². The summed E-state index contributed by atoms with van der Waals surface area (Å²) in [5.41, 5.74) is 0.280. The van der Waals surface area contributed by atoms with E-state index < -0.39 is 10.8 Å². The number of anilines is 1. The standard InChI is InChI=1S/C18H14Cl2N4O4/c1-2-23-16(5-6-21-23)18(25)22-12-8-13(24(26)27)10-14(9-12)28-17-4-3-11(19)7-15(17)20/h3-10H,2H2,1H3,(H,22,25). The van der Waals surface area contributed by atoms with E-state index in [2.05, 4.69) is 10.4 Å². The molecule has 0 bridgehead atoms. The molecule has 1 heterocycles. The van der Waals surface area contributed by atoms with Gasteiger partial charge in [0.15, 0.2) is 0 Å². The highest BCUT2D eigenvalue weighted by Gasteiger charge is 2.16. The number of hydrogen-bond acceptors (Lipinski definition) is 5. The number of carbonyl (C=O) groups is 1. The summed E-state index contributed by atoms with van der Waals surface area (Å²) >= 11 is 11.9. The van der Waals surface area contributed by atoms with E-state index in [0.717, 1.165) is 0 Å². The van der Waals surface area contributed by atoms with Gasteiger partial charge in [-0.05, 0) is 31.2 Å². The smallest absolute Gasteiger partial charge is 0.275 e. The molecule has 28 heavy (non-hydrogen) atoms. The van der Waals surface area contributed by atoms with Gasteiger partial charge in [-0.15, -0.1) is 0 Å². The van der Waals surface area contributed by atoms with Gasteiger partial charge < -0.3 is 10.1 Å². The van der Waals surface area contributed by atoms with Gasteiger partial charge in [-0.3, -0.25) is 19.6 Å². The van der Waals surface area contributed by atoms with Crippen LogP contribution in [0.3, 0.4) is 0 Å². The molecule has 0 aliphatic carbocycles. The Bertz CT molecular complexity index is 1050. The monoisotopic (exact) mass is 420 g/mol. The number of aryl methyl sites for hydroxylation is 1. The number of benzene rings is 2. The van der Waals surface area contributed by atoms with Crippen LogP contribution in [0, 0.1) is 10.1 Å². The van der Waals surface area contributed by atoms with Crippen LogP contribution in [0.2, 0.25) is 10.0 Å². The van der Waals surface area contributed by atoms with E-state index in [4.69, 9.17) is 27.9 Å². The molecule has 8 nitrogen and oxygen atoms in total. The molecule has 0 aliphatic heterocycles. The molecule has 0 saturated carbocycles. The first kappa shape index (κ1) is 19.7. The molecule has 0 spiro atoms. The maximum Gasteiger partial charge on any atom is 0.275 e. The largest absolute Gasteiger partial charge is 0.455 e. The van der Waals surface area contributed by atoms with Gasteiger partial charge in [-0.2, -0.15) is 5.10 Å². The Hall–Kier alpha value is -3.10. The van der Waals surface area contributed by atoms with E-state index in [9.17, 15) is 14.9 Å². The first-order valence-electron chi connectivity index (χ1n) is 8.13. The van der Waals surface area contributed by atoms with Gasteiger partial charge in [0, 0.05) is 29.9 Å². The minimum absolute atomic E-state index is 0.137. The zero-order valence-electron chi connectivity index (χ0n) is 14.6. The van der Waals surface area contributed by atoms with Crippen LogP contribution in [0.4, 0.5) is 11.4 Å². The molecular weight excluding hydrogens is 407 g/mol. The van der Waals surface area contributed by atoms with E-state index in [1.807, 2.05) is 6.92 Å². The lowest BCUT2D eigenvalue weighted by molar-refractivity contribution is -0.384. The quantitative estimate of drug-likeness (QED) is 0.438. The summed E-state index contributed by atoms with van der Waals surface area (Å²) < 4.78 is 7.16. The average molecular weight is 421 g/mol. The van der Waals surface area contributed by atoms with E-state index in [1.165, 1.54) is 35.1 Å². The lowest BCUT2D eigenvalue weighted by atomic mass is 10.2. The van der Waals surface area contributed by atoms with Crippen LogP contribution in [0.15, 0.2) is 48.7 Å². The van der Waals surface area contributed by atoms with Gasteiger partial charge in [0.25, 0.3) is 11.6 Å². The predicted octanol–water partition coefficient (Wildman–Crippen LogP) is 5.16. The molecule has 0 atom stereocenters. The average Bonchev–Trinajstić information content (AvgIpc) is 3.13. The molecule has 10 heteroatoms. The molecule has 144 valence electrons. The Kier molecular flexibility index (Phi) is 5.81. The minimum atomic E-state index is -0.581. The number of halogens is 2. The van der Waals surface area contributed by atoms with Crippen LogP contribution in [0.25, 0.3) is 0 Å². The van der Waals surface area contributed by atoms with Crippen molar-refractivity contribution in [2.75, 3.05) is 5.32 Å². The third kappa shape index (κ3) is 4.41. The van der Waals surface area contributed by atoms with E-state index in [1.54, 1.807) is 18.2 Å². The van der Waals surface area contributed by atoms with Crippen LogP contribution in [-0.2, 0) is 6.54 Å². The van der Waals surface area contributed by atoms with Crippen LogP contribution >= 0.6 is 23.2 Å². The topological polar surface area (TPSA) is 99.3 Å². The number of nitro groups is 1. The summed E-state index contributed by atoms with van der Waals surface area (Å²) in [5, 5.41) is 18.6. The van der Waals surface area contributed by atoms with Crippen LogP contribution in [0.1, 0.15) is 17.4 Å². The summed E-state index contributed by atoms with van der Waals surface area (Å²) in [4.78, 5) is 23.2. The first-order chi connectivity index (χ1) is 13.4. The Balaban J connectivity index is 1.91. The van der Waals surface area contributed by atoms with Gasteiger partial charge in [-0.25, -0.2) is 0 Å². The van der Waals surface area contributed by atoms with Crippen molar-refractivity contribution in [2.45, 2.75) is 13.5 Å². The van der Waals surface area contributed by atoms with Crippen molar-refractivity contribution >= 4 is 40.5 Å². The fourth-order valence-electron chi connectivity index (χ4n) is 2.48. The van der Waals surface area contributed by atoms with Gasteiger partial charge in [0.05, 0.1) is 21.7 Å². The zero-order chi connectivity index (χ0) is 20.3. The molecule has 0 saturated heterocycles. The molecule has 3 aromatic rings. The van der Waals surface area contributed by atoms with Gasteiger partial charge in [-0.1, -0.05) is 23.2 Å². The summed E-state index contributed by atoms with van der Waals surface area (Å²) in [6.07, 6.45) is 1.50. The Morgan fingerprint density at radius 1 is 1.25 bits per heavy atom. The second-order valence-electron chi connectivity index (χ2n) is 5.64. The number of ether oxygens (including phenoxy) is 1. The summed E-state index contributed by atoms with van der Waals surface area (Å²) in [6, 6.07) is 10.1. The van der Waals surface area contributed by atoms with Crippen molar-refractivity contribution in [1.29, 1.82) is 0 Å². The zero-order valence-corrected chi connectivity index (χ0v) is 16.1. The highest BCUT2D eigenvalue weighted by atomic mass is 35.5. The lowest BCUT2D eigenvalue weighted by Crippen LogP contribution is -2.17. The van der Waals surface area contributed by atoms with Crippen molar-refractivity contribution in [3.05, 3.63) is 74.5 Å². The Morgan fingerprint density at radius 3 is 2.71 bits per heavy atom. The summed E-state index contributed by atoms with van der Waals surface area (Å²) in [7, 11) is 0. The molecule has 1 amide bonds. The number of nitrogens with one attached hydrogen (secondary N) is 1.